The number of fused-ring (bicyclic) bond motifs is 3. The van der Waals surface area contributed by atoms with Gasteiger partial charge in [-0.15, -0.1) is 0 Å². The van der Waals surface area contributed by atoms with Gasteiger partial charge in [-0.25, -0.2) is 4.79 Å². The number of carbonyl (C=O) groups excluding carboxylic acids is 1. The predicted molar refractivity (Wildman–Crippen MR) is 123 cm³/mol. The molecule has 0 unspecified atom stereocenters. The minimum Gasteiger partial charge on any atom is -0.496 e. The van der Waals surface area contributed by atoms with E-state index in [-0.39, 0.29) is 18.5 Å². The molecule has 1 aliphatic carbocycles. The van der Waals surface area contributed by atoms with Crippen molar-refractivity contribution in [2.24, 2.45) is 0 Å². The Labute approximate surface area is 204 Å². The van der Waals surface area contributed by atoms with Crippen LogP contribution in [0, 0.1) is 0 Å². The zero-order valence-electron chi connectivity index (χ0n) is 19.2. The number of carbonyl (C=O) groups is 2. The van der Waals surface area contributed by atoms with E-state index in [9.17, 15) is 27.9 Å². The molecule has 2 atom stereocenters. The number of carboxylic acid groups (broad SMARTS) is 1. The summed E-state index contributed by atoms with van der Waals surface area (Å²) in [6, 6.07) is 15.3. The molecule has 1 aliphatic heterocycles. The van der Waals surface area contributed by atoms with E-state index in [0.717, 1.165) is 23.3 Å². The maximum absolute atomic E-state index is 13.7. The highest BCUT2D eigenvalue weighted by Gasteiger charge is 2.47. The average Bonchev–Trinajstić information content (AvgIpc) is 3.33. The standard InChI is InChI=1S/C27H22F3NO5/c1-35-22-9-6-15(11-24(32)33)10-21(22)19-8-7-18(27(28,29)30)12-17(19)14-31-25-20-5-3-2-4-16(20)13-23(25)36-26(31)34/h2-10,12,23,25H,11,13-14H2,1H3,(H,32,33)/t23-,25+/m0/s1. The quantitative estimate of drug-likeness (QED) is 0.478. The lowest BCUT2D eigenvalue weighted by molar-refractivity contribution is -0.138. The first-order valence-corrected chi connectivity index (χ1v) is 11.3. The lowest BCUT2D eigenvalue weighted by Gasteiger charge is -2.24. The lowest BCUT2D eigenvalue weighted by atomic mass is 9.94. The van der Waals surface area contributed by atoms with E-state index in [0.29, 0.717) is 28.9 Å². The van der Waals surface area contributed by atoms with Gasteiger partial charge in [0.05, 0.1) is 31.7 Å². The van der Waals surface area contributed by atoms with Gasteiger partial charge in [-0.05, 0) is 52.1 Å². The number of rotatable bonds is 6. The van der Waals surface area contributed by atoms with Crippen LogP contribution in [-0.4, -0.2) is 35.3 Å². The molecule has 1 saturated heterocycles. The van der Waals surface area contributed by atoms with Crippen LogP contribution in [0.25, 0.3) is 11.1 Å². The molecule has 1 N–H and O–H groups in total. The van der Waals surface area contributed by atoms with Crippen molar-refractivity contribution in [2.45, 2.75) is 37.7 Å². The number of aliphatic carboxylic acids is 1. The first kappa shape index (κ1) is 23.7. The summed E-state index contributed by atoms with van der Waals surface area (Å²) in [5, 5.41) is 9.21. The lowest BCUT2D eigenvalue weighted by Crippen LogP contribution is -2.28. The molecule has 0 aromatic heterocycles. The van der Waals surface area contributed by atoms with E-state index < -0.39 is 35.9 Å². The molecule has 9 heteroatoms. The van der Waals surface area contributed by atoms with Crippen LogP contribution in [-0.2, 0) is 35.1 Å². The van der Waals surface area contributed by atoms with Crippen molar-refractivity contribution in [1.82, 2.24) is 4.90 Å². The zero-order valence-corrected chi connectivity index (χ0v) is 19.2. The van der Waals surface area contributed by atoms with Crippen molar-refractivity contribution in [3.05, 3.63) is 88.5 Å². The topological polar surface area (TPSA) is 76.1 Å². The molecule has 5 rings (SSSR count). The number of methoxy groups -OCH3 is 1. The molecule has 3 aromatic rings. The van der Waals surface area contributed by atoms with Gasteiger partial charge in [0.2, 0.25) is 0 Å². The van der Waals surface area contributed by atoms with Gasteiger partial charge in [0.1, 0.15) is 11.9 Å². The average molecular weight is 497 g/mol. The molecule has 0 radical (unpaired) electrons. The Balaban J connectivity index is 1.61. The Morgan fingerprint density at radius 2 is 1.89 bits per heavy atom. The molecular formula is C27H22F3NO5. The van der Waals surface area contributed by atoms with Crippen molar-refractivity contribution in [2.75, 3.05) is 7.11 Å². The van der Waals surface area contributed by atoms with Crippen LogP contribution in [0.3, 0.4) is 0 Å². The number of hydrogen-bond donors (Lipinski definition) is 1. The van der Waals surface area contributed by atoms with Crippen molar-refractivity contribution in [1.29, 1.82) is 0 Å². The van der Waals surface area contributed by atoms with Crippen molar-refractivity contribution < 1.29 is 37.3 Å². The normalized spacial score (nSPS) is 18.6. The van der Waals surface area contributed by atoms with Gasteiger partial charge in [-0.2, -0.15) is 13.2 Å². The summed E-state index contributed by atoms with van der Waals surface area (Å²) >= 11 is 0. The molecular weight excluding hydrogens is 475 g/mol. The largest absolute Gasteiger partial charge is 0.496 e. The molecule has 36 heavy (non-hydrogen) atoms. The molecule has 0 bridgehead atoms. The monoisotopic (exact) mass is 497 g/mol. The fourth-order valence-corrected chi connectivity index (χ4v) is 5.08. The first-order valence-electron chi connectivity index (χ1n) is 11.3. The van der Waals surface area contributed by atoms with E-state index in [2.05, 4.69) is 0 Å². The Kier molecular flexibility index (Phi) is 5.86. The van der Waals surface area contributed by atoms with Gasteiger partial charge in [-0.1, -0.05) is 36.4 Å². The van der Waals surface area contributed by atoms with E-state index in [1.807, 2.05) is 24.3 Å². The molecule has 1 amide bonds. The third-order valence-electron chi connectivity index (χ3n) is 6.65. The summed E-state index contributed by atoms with van der Waals surface area (Å²) in [5.74, 6) is -0.664. The second kappa shape index (κ2) is 8.89. The van der Waals surface area contributed by atoms with Crippen LogP contribution in [0.1, 0.15) is 33.9 Å². The smallest absolute Gasteiger partial charge is 0.416 e. The van der Waals surface area contributed by atoms with Crippen LogP contribution in [0.15, 0.2) is 60.7 Å². The van der Waals surface area contributed by atoms with Crippen molar-refractivity contribution in [3.63, 3.8) is 0 Å². The summed E-state index contributed by atoms with van der Waals surface area (Å²) in [5.41, 5.74) is 2.68. The Bertz CT molecular complexity index is 1350. The SMILES string of the molecule is COc1ccc(CC(=O)O)cc1-c1ccc(C(F)(F)F)cc1CN1C(=O)O[C@H]2Cc3ccccc3[C@H]21. The second-order valence-electron chi connectivity index (χ2n) is 8.87. The van der Waals surface area contributed by atoms with Gasteiger partial charge in [0.15, 0.2) is 0 Å². The Morgan fingerprint density at radius 1 is 1.11 bits per heavy atom. The van der Waals surface area contributed by atoms with Crippen LogP contribution >= 0.6 is 0 Å². The van der Waals surface area contributed by atoms with Gasteiger partial charge >= 0.3 is 18.2 Å². The van der Waals surface area contributed by atoms with Gasteiger partial charge < -0.3 is 14.6 Å². The van der Waals surface area contributed by atoms with Crippen LogP contribution in [0.5, 0.6) is 5.75 Å². The van der Waals surface area contributed by atoms with Crippen molar-refractivity contribution in [3.8, 4) is 16.9 Å². The number of ether oxygens (including phenoxy) is 2. The number of amides is 1. The van der Waals surface area contributed by atoms with Gasteiger partial charge in [0.25, 0.3) is 0 Å². The highest BCUT2D eigenvalue weighted by Crippen LogP contribution is 2.45. The number of carboxylic acids is 1. The summed E-state index contributed by atoms with van der Waals surface area (Å²) < 4.78 is 52.0. The molecule has 0 spiro atoms. The molecule has 6 nitrogen and oxygen atoms in total. The van der Waals surface area contributed by atoms with Crippen LogP contribution in [0.2, 0.25) is 0 Å². The minimum absolute atomic E-state index is 0.125. The highest BCUT2D eigenvalue weighted by atomic mass is 19.4. The maximum atomic E-state index is 13.7. The number of hydrogen-bond acceptors (Lipinski definition) is 4. The molecule has 1 fully saturated rings. The Hall–Kier alpha value is -4.01. The Morgan fingerprint density at radius 3 is 2.61 bits per heavy atom. The molecule has 2 aliphatic rings. The minimum atomic E-state index is -4.59. The fourth-order valence-electron chi connectivity index (χ4n) is 5.08. The third-order valence-corrected chi connectivity index (χ3v) is 6.65. The van der Waals surface area contributed by atoms with E-state index >= 15 is 0 Å². The number of benzene rings is 3. The maximum Gasteiger partial charge on any atom is 0.416 e. The highest BCUT2D eigenvalue weighted by molar-refractivity contribution is 5.78. The van der Waals surface area contributed by atoms with Crippen molar-refractivity contribution >= 4 is 12.1 Å². The number of nitrogens with zero attached hydrogens (tertiary/aromatic N) is 1. The van der Waals surface area contributed by atoms with E-state index in [4.69, 9.17) is 9.47 Å². The molecule has 1 heterocycles. The van der Waals surface area contributed by atoms with Gasteiger partial charge in [-0.3, -0.25) is 9.69 Å². The number of alkyl halides is 3. The summed E-state index contributed by atoms with van der Waals surface area (Å²) in [6.45, 7) is -0.125. The fraction of sp³-hybridized carbons (Fsp3) is 0.259. The van der Waals surface area contributed by atoms with Gasteiger partial charge in [0, 0.05) is 12.0 Å². The summed E-state index contributed by atoms with van der Waals surface area (Å²) in [7, 11) is 1.43. The second-order valence-corrected chi connectivity index (χ2v) is 8.87. The first-order chi connectivity index (χ1) is 17.2. The predicted octanol–water partition coefficient (Wildman–Crippen LogP) is 5.63. The third kappa shape index (κ3) is 4.25. The zero-order chi connectivity index (χ0) is 25.6. The molecule has 3 aromatic carbocycles. The molecule has 186 valence electrons. The van der Waals surface area contributed by atoms with Crippen LogP contribution in [0.4, 0.5) is 18.0 Å². The van der Waals surface area contributed by atoms with E-state index in [1.54, 1.807) is 18.2 Å². The summed E-state index contributed by atoms with van der Waals surface area (Å²) in [4.78, 5) is 25.5. The van der Waals surface area contributed by atoms with Crippen LogP contribution < -0.4 is 4.74 Å². The van der Waals surface area contributed by atoms with E-state index in [1.165, 1.54) is 18.1 Å². The molecule has 0 saturated carbocycles. The summed E-state index contributed by atoms with van der Waals surface area (Å²) in [6.07, 6.45) is -5.29. The number of halogens is 3.